The average molecular weight is 343 g/mol. The summed E-state index contributed by atoms with van der Waals surface area (Å²) in [6.45, 7) is 2.84. The molecule has 0 radical (unpaired) electrons. The second-order valence-corrected chi connectivity index (χ2v) is 7.28. The molecule has 2 bridgehead atoms. The first-order chi connectivity index (χ1) is 11.6. The number of thioether (sulfide) groups is 1. The van der Waals surface area contributed by atoms with Gasteiger partial charge < -0.3 is 9.47 Å². The van der Waals surface area contributed by atoms with Gasteiger partial charge in [-0.25, -0.2) is 9.97 Å². The first-order valence-corrected chi connectivity index (χ1v) is 9.40. The van der Waals surface area contributed by atoms with E-state index in [1.165, 1.54) is 6.42 Å². The fourth-order valence-corrected chi connectivity index (χ4v) is 3.99. The third-order valence-corrected chi connectivity index (χ3v) is 5.57. The van der Waals surface area contributed by atoms with Gasteiger partial charge in [-0.2, -0.15) is 0 Å². The minimum atomic E-state index is 0.0605. The highest BCUT2D eigenvalue weighted by Crippen LogP contribution is 2.35. The largest absolute Gasteiger partial charge is 0.353 e. The molecule has 0 aliphatic carbocycles. The second-order valence-electron chi connectivity index (χ2n) is 6.51. The van der Waals surface area contributed by atoms with Crippen molar-refractivity contribution in [3.05, 3.63) is 46.5 Å². The first kappa shape index (κ1) is 15.7. The molecule has 0 aromatic carbocycles. The third-order valence-electron chi connectivity index (χ3n) is 5.00. The lowest BCUT2D eigenvalue weighted by Crippen LogP contribution is -2.68. The Morgan fingerprint density at radius 1 is 1.29 bits per heavy atom. The number of nitrogens with zero attached hydrogens (tertiary/aromatic N) is 5. The van der Waals surface area contributed by atoms with Gasteiger partial charge in [0.2, 0.25) is 0 Å². The third kappa shape index (κ3) is 2.82. The van der Waals surface area contributed by atoms with Gasteiger partial charge in [0.25, 0.3) is 5.56 Å². The Morgan fingerprint density at radius 2 is 2.08 bits per heavy atom. The molecule has 0 saturated carbocycles. The fraction of sp³-hybridized carbons (Fsp3) is 0.471. The summed E-state index contributed by atoms with van der Waals surface area (Å²) in [4.78, 5) is 25.5. The molecule has 7 heteroatoms. The van der Waals surface area contributed by atoms with Gasteiger partial charge in [-0.1, -0.05) is 11.8 Å². The summed E-state index contributed by atoms with van der Waals surface area (Å²) in [5.74, 6) is 1.03. The number of hydrogen-bond donors (Lipinski definition) is 0. The molecule has 0 spiro atoms. The minimum absolute atomic E-state index is 0.0605. The van der Waals surface area contributed by atoms with Crippen molar-refractivity contribution in [2.75, 3.05) is 24.2 Å². The van der Waals surface area contributed by atoms with Gasteiger partial charge in [-0.15, -0.1) is 0 Å². The van der Waals surface area contributed by atoms with E-state index in [-0.39, 0.29) is 5.56 Å². The van der Waals surface area contributed by atoms with Crippen molar-refractivity contribution in [2.24, 2.45) is 7.05 Å². The van der Waals surface area contributed by atoms with Crippen LogP contribution < -0.4 is 10.5 Å². The maximum absolute atomic E-state index is 11.8. The lowest BCUT2D eigenvalue weighted by atomic mass is 9.87. The maximum Gasteiger partial charge on any atom is 0.250 e. The van der Waals surface area contributed by atoms with Crippen molar-refractivity contribution < 1.29 is 0 Å². The van der Waals surface area contributed by atoms with E-state index in [2.05, 4.69) is 19.8 Å². The number of hydrogen-bond acceptors (Lipinski definition) is 6. The number of piperidine rings is 1. The molecule has 2 aromatic rings. The molecule has 0 N–H and O–H groups in total. The molecule has 3 aliphatic rings. The van der Waals surface area contributed by atoms with Crippen molar-refractivity contribution in [3.8, 4) is 0 Å². The van der Waals surface area contributed by atoms with Crippen LogP contribution in [0.3, 0.4) is 0 Å². The molecule has 24 heavy (non-hydrogen) atoms. The smallest absolute Gasteiger partial charge is 0.250 e. The van der Waals surface area contributed by atoms with E-state index >= 15 is 0 Å². The number of pyridine rings is 1. The Kier molecular flexibility index (Phi) is 4.05. The zero-order chi connectivity index (χ0) is 16.7. The highest BCUT2D eigenvalue weighted by molar-refractivity contribution is 7.98. The predicted octanol–water partition coefficient (Wildman–Crippen LogP) is 1.36. The van der Waals surface area contributed by atoms with E-state index in [0.29, 0.717) is 12.1 Å². The Morgan fingerprint density at radius 3 is 2.79 bits per heavy atom. The summed E-state index contributed by atoms with van der Waals surface area (Å²) in [6, 6.07) is 6.88. The monoisotopic (exact) mass is 343 g/mol. The van der Waals surface area contributed by atoms with E-state index in [9.17, 15) is 4.79 Å². The van der Waals surface area contributed by atoms with Gasteiger partial charge >= 0.3 is 0 Å². The van der Waals surface area contributed by atoms with Gasteiger partial charge in [-0.3, -0.25) is 9.69 Å². The normalized spacial score (nSPS) is 23.2. The maximum atomic E-state index is 11.8. The second kappa shape index (κ2) is 6.22. The Balaban J connectivity index is 1.44. The fourth-order valence-electron chi connectivity index (χ4n) is 3.64. The molecule has 6 nitrogen and oxygen atoms in total. The molecule has 3 fully saturated rings. The zero-order valence-corrected chi connectivity index (χ0v) is 14.7. The van der Waals surface area contributed by atoms with Crippen LogP contribution in [-0.4, -0.2) is 50.9 Å². The molecule has 2 aromatic heterocycles. The minimum Gasteiger partial charge on any atom is -0.353 e. The van der Waals surface area contributed by atoms with Crippen molar-refractivity contribution >= 4 is 17.6 Å². The van der Waals surface area contributed by atoms with Crippen LogP contribution in [0, 0.1) is 0 Å². The molecule has 3 saturated heterocycles. The van der Waals surface area contributed by atoms with Crippen molar-refractivity contribution in [3.63, 3.8) is 0 Å². The Labute approximate surface area is 145 Å². The number of fused-ring (bicyclic) bond motifs is 2. The quantitative estimate of drug-likeness (QED) is 0.617. The standard InChI is InChI=1S/C17H21N5OS/c1-20-6-4-12(7-16(20)23)9-22-13-8-14(22)11-21(10-13)15-3-5-18-17(19-15)24-2/h3-7,13-14H,8-11H2,1-2H3. The first-order valence-electron chi connectivity index (χ1n) is 8.17. The van der Waals surface area contributed by atoms with Crippen LogP contribution in [-0.2, 0) is 13.6 Å². The topological polar surface area (TPSA) is 54.3 Å². The summed E-state index contributed by atoms with van der Waals surface area (Å²) in [5, 5.41) is 0.823. The van der Waals surface area contributed by atoms with E-state index in [1.807, 2.05) is 30.8 Å². The average Bonchev–Trinajstić information content (AvgIpc) is 2.62. The molecule has 2 unspecified atom stereocenters. The van der Waals surface area contributed by atoms with Gasteiger partial charge in [0, 0.05) is 57.2 Å². The van der Waals surface area contributed by atoms with E-state index in [0.717, 1.165) is 36.2 Å². The Hall–Kier alpha value is -1.86. The number of rotatable bonds is 4. The van der Waals surface area contributed by atoms with E-state index < -0.39 is 0 Å². The van der Waals surface area contributed by atoms with Gasteiger partial charge in [0.1, 0.15) is 5.82 Å². The van der Waals surface area contributed by atoms with Crippen molar-refractivity contribution in [2.45, 2.75) is 30.2 Å². The molecule has 2 atom stereocenters. The highest BCUT2D eigenvalue weighted by atomic mass is 32.2. The van der Waals surface area contributed by atoms with Crippen LogP contribution in [0.1, 0.15) is 12.0 Å². The molecular weight excluding hydrogens is 322 g/mol. The van der Waals surface area contributed by atoms with Crippen LogP contribution >= 0.6 is 11.8 Å². The Bertz CT molecular complexity index is 796. The van der Waals surface area contributed by atoms with Crippen LogP contribution in [0.25, 0.3) is 0 Å². The zero-order valence-electron chi connectivity index (χ0n) is 13.9. The highest BCUT2D eigenvalue weighted by Gasteiger charge is 2.44. The van der Waals surface area contributed by atoms with Crippen LogP contribution in [0.4, 0.5) is 5.82 Å². The van der Waals surface area contributed by atoms with Gasteiger partial charge in [0.15, 0.2) is 5.16 Å². The summed E-state index contributed by atoms with van der Waals surface area (Å²) in [5.41, 5.74) is 1.17. The molecule has 0 amide bonds. The lowest BCUT2D eigenvalue weighted by molar-refractivity contribution is -0.00877. The predicted molar refractivity (Wildman–Crippen MR) is 95.4 cm³/mol. The lowest BCUT2D eigenvalue weighted by Gasteiger charge is -2.56. The molecular formula is C17H21N5OS. The summed E-state index contributed by atoms with van der Waals surface area (Å²) in [6.07, 6.45) is 6.93. The number of piperazine rings is 1. The van der Waals surface area contributed by atoms with E-state index in [4.69, 9.17) is 0 Å². The summed E-state index contributed by atoms with van der Waals surface area (Å²) >= 11 is 1.57. The SMILES string of the molecule is CSc1nccc(N2CC3CC(C2)N3Cc2ccn(C)c(=O)c2)n1. The summed E-state index contributed by atoms with van der Waals surface area (Å²) in [7, 11) is 1.78. The molecule has 126 valence electrons. The number of aryl methyl sites for hydroxylation is 1. The van der Waals surface area contributed by atoms with Gasteiger partial charge in [0.05, 0.1) is 0 Å². The van der Waals surface area contributed by atoms with Crippen LogP contribution in [0.5, 0.6) is 0 Å². The summed E-state index contributed by atoms with van der Waals surface area (Å²) < 4.78 is 1.61. The van der Waals surface area contributed by atoms with E-state index in [1.54, 1.807) is 29.4 Å². The van der Waals surface area contributed by atoms with Crippen LogP contribution in [0.2, 0.25) is 0 Å². The number of aromatic nitrogens is 3. The van der Waals surface area contributed by atoms with Gasteiger partial charge in [-0.05, 0) is 30.4 Å². The van der Waals surface area contributed by atoms with Crippen LogP contribution in [0.15, 0.2) is 40.5 Å². The molecule has 5 heterocycles. The van der Waals surface area contributed by atoms with Crippen molar-refractivity contribution in [1.82, 2.24) is 19.4 Å². The molecule has 5 rings (SSSR count). The molecule has 3 aliphatic heterocycles. The van der Waals surface area contributed by atoms with Crippen molar-refractivity contribution in [1.29, 1.82) is 0 Å². The number of anilines is 1.